The van der Waals surface area contributed by atoms with Crippen LogP contribution in [0.3, 0.4) is 0 Å². The van der Waals surface area contributed by atoms with Crippen LogP contribution in [0.25, 0.3) is 0 Å². The zero-order valence-corrected chi connectivity index (χ0v) is 12.7. The molecule has 0 heterocycles. The fourth-order valence-corrected chi connectivity index (χ4v) is 3.77. The van der Waals surface area contributed by atoms with Crippen molar-refractivity contribution in [2.75, 3.05) is 20.3 Å². The minimum atomic E-state index is -0.177. The molecule has 2 saturated carbocycles. The van der Waals surface area contributed by atoms with Crippen molar-refractivity contribution >= 4 is 5.91 Å². The van der Waals surface area contributed by atoms with Gasteiger partial charge in [0.25, 0.3) is 0 Å². The van der Waals surface area contributed by atoms with Crippen molar-refractivity contribution in [3.05, 3.63) is 0 Å². The summed E-state index contributed by atoms with van der Waals surface area (Å²) in [5.41, 5.74) is -0.177. The molecule has 2 fully saturated rings. The number of methoxy groups -OCH3 is 1. The van der Waals surface area contributed by atoms with Crippen molar-refractivity contribution in [3.63, 3.8) is 0 Å². The van der Waals surface area contributed by atoms with Crippen LogP contribution in [-0.4, -0.2) is 37.4 Å². The Balaban J connectivity index is 1.86. The highest BCUT2D eigenvalue weighted by Gasteiger charge is 2.41. The lowest BCUT2D eigenvalue weighted by Crippen LogP contribution is -2.46. The molecule has 0 aromatic rings. The largest absolute Gasteiger partial charge is 0.396 e. The third kappa shape index (κ3) is 3.73. The lowest BCUT2D eigenvalue weighted by Gasteiger charge is -2.33. The number of ether oxygens (including phenoxy) is 1. The van der Waals surface area contributed by atoms with Crippen molar-refractivity contribution in [1.29, 1.82) is 0 Å². The van der Waals surface area contributed by atoms with E-state index >= 15 is 0 Å². The van der Waals surface area contributed by atoms with Gasteiger partial charge in [-0.25, -0.2) is 0 Å². The van der Waals surface area contributed by atoms with E-state index in [2.05, 4.69) is 5.32 Å². The van der Waals surface area contributed by atoms with E-state index in [9.17, 15) is 4.79 Å². The number of aliphatic hydroxyl groups is 1. The van der Waals surface area contributed by atoms with Crippen LogP contribution in [0.15, 0.2) is 0 Å². The Labute approximate surface area is 122 Å². The molecule has 0 aromatic heterocycles. The molecule has 0 saturated heterocycles. The Bertz CT molecular complexity index is 305. The van der Waals surface area contributed by atoms with Crippen molar-refractivity contribution in [2.45, 2.75) is 63.8 Å². The lowest BCUT2D eigenvalue weighted by atomic mass is 9.80. The molecule has 2 aliphatic rings. The maximum Gasteiger partial charge on any atom is 0.226 e. The van der Waals surface area contributed by atoms with Gasteiger partial charge in [0.2, 0.25) is 5.91 Å². The molecular weight excluding hydrogens is 254 g/mol. The van der Waals surface area contributed by atoms with Gasteiger partial charge < -0.3 is 15.2 Å². The molecule has 0 aromatic carbocycles. The summed E-state index contributed by atoms with van der Waals surface area (Å²) in [7, 11) is 1.71. The van der Waals surface area contributed by atoms with E-state index in [0.29, 0.717) is 25.2 Å². The molecule has 1 amide bonds. The van der Waals surface area contributed by atoms with E-state index in [4.69, 9.17) is 9.84 Å². The minimum absolute atomic E-state index is 0.177. The van der Waals surface area contributed by atoms with Crippen LogP contribution in [0.5, 0.6) is 0 Å². The Morgan fingerprint density at radius 2 is 1.90 bits per heavy atom. The predicted octanol–water partition coefficient (Wildman–Crippen LogP) is 2.25. The molecule has 4 nitrogen and oxygen atoms in total. The van der Waals surface area contributed by atoms with E-state index in [1.165, 1.54) is 0 Å². The molecule has 0 bridgehead atoms. The number of hydrogen-bond donors (Lipinski definition) is 2. The van der Waals surface area contributed by atoms with Crippen LogP contribution in [0, 0.1) is 11.3 Å². The molecule has 0 spiro atoms. The SMILES string of the molecule is COCCC1(C(=O)NC2CCC(CO)CC2)CCCC1. The van der Waals surface area contributed by atoms with Gasteiger partial charge in [-0.1, -0.05) is 12.8 Å². The third-order valence-electron chi connectivity index (χ3n) is 5.27. The van der Waals surface area contributed by atoms with Gasteiger partial charge in [0.15, 0.2) is 0 Å². The molecule has 2 aliphatic carbocycles. The van der Waals surface area contributed by atoms with Gasteiger partial charge in [-0.3, -0.25) is 4.79 Å². The first-order valence-corrected chi connectivity index (χ1v) is 8.11. The number of carbonyl (C=O) groups is 1. The van der Waals surface area contributed by atoms with Crippen LogP contribution >= 0.6 is 0 Å². The fraction of sp³-hybridized carbons (Fsp3) is 0.938. The topological polar surface area (TPSA) is 58.6 Å². The second-order valence-electron chi connectivity index (χ2n) is 6.60. The van der Waals surface area contributed by atoms with Crippen molar-refractivity contribution < 1.29 is 14.6 Å². The molecule has 0 unspecified atom stereocenters. The van der Waals surface area contributed by atoms with Crippen LogP contribution in [0.2, 0.25) is 0 Å². The number of carbonyl (C=O) groups excluding carboxylic acids is 1. The molecule has 0 atom stereocenters. The van der Waals surface area contributed by atoms with Gasteiger partial charge in [-0.05, 0) is 50.9 Å². The highest BCUT2D eigenvalue weighted by atomic mass is 16.5. The highest BCUT2D eigenvalue weighted by Crippen LogP contribution is 2.41. The number of rotatable bonds is 6. The normalized spacial score (nSPS) is 29.3. The Morgan fingerprint density at radius 3 is 2.45 bits per heavy atom. The number of nitrogens with one attached hydrogen (secondary N) is 1. The Hall–Kier alpha value is -0.610. The summed E-state index contributed by atoms with van der Waals surface area (Å²) in [6, 6.07) is 0.310. The molecule has 116 valence electrons. The van der Waals surface area contributed by atoms with Gasteiger partial charge in [-0.15, -0.1) is 0 Å². The molecule has 0 radical (unpaired) electrons. The van der Waals surface area contributed by atoms with E-state index in [0.717, 1.165) is 57.8 Å². The fourth-order valence-electron chi connectivity index (χ4n) is 3.77. The monoisotopic (exact) mass is 283 g/mol. The van der Waals surface area contributed by atoms with Crippen LogP contribution in [-0.2, 0) is 9.53 Å². The number of aliphatic hydroxyl groups excluding tert-OH is 1. The van der Waals surface area contributed by atoms with Crippen LogP contribution < -0.4 is 5.32 Å². The smallest absolute Gasteiger partial charge is 0.226 e. The Morgan fingerprint density at radius 1 is 1.25 bits per heavy atom. The van der Waals surface area contributed by atoms with E-state index in [1.807, 2.05) is 0 Å². The average molecular weight is 283 g/mol. The quantitative estimate of drug-likeness (QED) is 0.786. The second kappa shape index (κ2) is 7.41. The van der Waals surface area contributed by atoms with Crippen molar-refractivity contribution in [3.8, 4) is 0 Å². The zero-order valence-electron chi connectivity index (χ0n) is 12.7. The maximum atomic E-state index is 12.7. The van der Waals surface area contributed by atoms with Crippen LogP contribution in [0.1, 0.15) is 57.8 Å². The summed E-state index contributed by atoms with van der Waals surface area (Å²) in [6.07, 6.45) is 9.28. The summed E-state index contributed by atoms with van der Waals surface area (Å²) in [5.74, 6) is 0.691. The first-order valence-electron chi connectivity index (χ1n) is 8.11. The number of hydrogen-bond acceptors (Lipinski definition) is 3. The molecule has 20 heavy (non-hydrogen) atoms. The molecule has 4 heteroatoms. The average Bonchev–Trinajstić information content (AvgIpc) is 2.96. The van der Waals surface area contributed by atoms with E-state index < -0.39 is 0 Å². The first-order chi connectivity index (χ1) is 9.70. The van der Waals surface area contributed by atoms with Gasteiger partial charge in [-0.2, -0.15) is 0 Å². The molecule has 0 aliphatic heterocycles. The molecular formula is C16H29NO3. The van der Waals surface area contributed by atoms with Crippen molar-refractivity contribution in [1.82, 2.24) is 5.32 Å². The summed E-state index contributed by atoms with van der Waals surface area (Å²) in [6.45, 7) is 0.961. The van der Waals surface area contributed by atoms with Gasteiger partial charge in [0, 0.05) is 26.4 Å². The zero-order chi connectivity index (χ0) is 14.4. The minimum Gasteiger partial charge on any atom is -0.396 e. The summed E-state index contributed by atoms with van der Waals surface area (Å²) in [5, 5.41) is 12.4. The maximum absolute atomic E-state index is 12.7. The Kier molecular flexibility index (Phi) is 5.85. The lowest BCUT2D eigenvalue weighted by molar-refractivity contribution is -0.133. The molecule has 2 N–H and O–H groups in total. The number of amides is 1. The highest BCUT2D eigenvalue weighted by molar-refractivity contribution is 5.83. The van der Waals surface area contributed by atoms with Gasteiger partial charge in [0.1, 0.15) is 0 Å². The van der Waals surface area contributed by atoms with E-state index in [1.54, 1.807) is 7.11 Å². The van der Waals surface area contributed by atoms with Gasteiger partial charge >= 0.3 is 0 Å². The van der Waals surface area contributed by atoms with Gasteiger partial charge in [0.05, 0.1) is 5.41 Å². The summed E-state index contributed by atoms with van der Waals surface area (Å²) in [4.78, 5) is 12.7. The third-order valence-corrected chi connectivity index (χ3v) is 5.27. The standard InChI is InChI=1S/C16H29NO3/c1-20-11-10-16(8-2-3-9-16)15(19)17-14-6-4-13(12-18)5-7-14/h13-14,18H,2-12H2,1H3,(H,17,19). The molecule has 2 rings (SSSR count). The summed E-state index contributed by atoms with van der Waals surface area (Å²) >= 11 is 0. The summed E-state index contributed by atoms with van der Waals surface area (Å²) < 4.78 is 5.19. The van der Waals surface area contributed by atoms with E-state index in [-0.39, 0.29) is 11.3 Å². The first kappa shape index (κ1) is 15.8. The van der Waals surface area contributed by atoms with Crippen LogP contribution in [0.4, 0.5) is 0 Å². The second-order valence-corrected chi connectivity index (χ2v) is 6.60. The predicted molar refractivity (Wildman–Crippen MR) is 78.4 cm³/mol. The van der Waals surface area contributed by atoms with Crippen molar-refractivity contribution in [2.24, 2.45) is 11.3 Å².